The third-order valence-electron chi connectivity index (χ3n) is 6.60. The molecule has 0 amide bonds. The maximum atomic E-state index is 15.2. The van der Waals surface area contributed by atoms with E-state index in [1.807, 2.05) is 12.1 Å². The number of hydrogen-bond donors (Lipinski definition) is 0. The van der Waals surface area contributed by atoms with E-state index >= 15 is 4.39 Å². The highest BCUT2D eigenvalue weighted by atomic mass is 19.4. The van der Waals surface area contributed by atoms with Gasteiger partial charge in [-0.1, -0.05) is 54.6 Å². The molecule has 4 rings (SSSR count). The average Bonchev–Trinajstić information content (AvgIpc) is 2.89. The van der Waals surface area contributed by atoms with Gasteiger partial charge in [-0.3, -0.25) is 0 Å². The summed E-state index contributed by atoms with van der Waals surface area (Å²) in [6.45, 7) is 0.740. The van der Waals surface area contributed by atoms with Crippen molar-refractivity contribution in [2.75, 3.05) is 13.7 Å². The molecule has 0 fully saturated rings. The van der Waals surface area contributed by atoms with Crippen molar-refractivity contribution < 1.29 is 35.8 Å². The van der Waals surface area contributed by atoms with Crippen LogP contribution >= 0.6 is 0 Å². The molecule has 0 bridgehead atoms. The second-order valence-electron chi connectivity index (χ2n) is 9.44. The number of ether oxygens (including phenoxy) is 2. The first kappa shape index (κ1) is 28.5. The summed E-state index contributed by atoms with van der Waals surface area (Å²) in [6, 6.07) is 19.0. The summed E-state index contributed by atoms with van der Waals surface area (Å²) in [4.78, 5) is 0. The van der Waals surface area contributed by atoms with E-state index in [2.05, 4.69) is 29.0 Å². The molecule has 0 saturated carbocycles. The van der Waals surface area contributed by atoms with Crippen LogP contribution in [0.25, 0.3) is 10.8 Å². The molecule has 206 valence electrons. The molecule has 0 unspecified atom stereocenters. The van der Waals surface area contributed by atoms with Crippen LogP contribution in [0.1, 0.15) is 34.2 Å². The van der Waals surface area contributed by atoms with Gasteiger partial charge in [-0.25, -0.2) is 13.2 Å². The van der Waals surface area contributed by atoms with Crippen LogP contribution in [0.3, 0.4) is 0 Å². The summed E-state index contributed by atoms with van der Waals surface area (Å²) in [5.41, 5.74) is 4.01. The molecule has 0 aliphatic rings. The van der Waals surface area contributed by atoms with Gasteiger partial charge in [0, 0.05) is 19.1 Å². The molecule has 4 aromatic rings. The topological polar surface area (TPSA) is 18.5 Å². The number of hydrogen-bond acceptors (Lipinski definition) is 2. The van der Waals surface area contributed by atoms with Gasteiger partial charge >= 0.3 is 6.36 Å². The fraction of sp³-hybridized carbons (Fsp3) is 0.290. The molecule has 0 aliphatic carbocycles. The zero-order chi connectivity index (χ0) is 28.0. The van der Waals surface area contributed by atoms with Crippen LogP contribution in [-0.2, 0) is 36.8 Å². The first-order valence-electron chi connectivity index (χ1n) is 12.6. The quantitative estimate of drug-likeness (QED) is 0.139. The zero-order valence-electron chi connectivity index (χ0n) is 21.4. The van der Waals surface area contributed by atoms with Gasteiger partial charge < -0.3 is 9.47 Å². The van der Waals surface area contributed by atoms with Gasteiger partial charge in [-0.15, -0.1) is 13.2 Å². The van der Waals surface area contributed by atoms with Crippen molar-refractivity contribution >= 4 is 10.8 Å². The number of rotatable bonds is 11. The van der Waals surface area contributed by atoms with Crippen LogP contribution in [0.5, 0.6) is 5.75 Å². The Balaban J connectivity index is 1.39. The van der Waals surface area contributed by atoms with Crippen molar-refractivity contribution in [3.63, 3.8) is 0 Å². The van der Waals surface area contributed by atoms with E-state index in [9.17, 15) is 22.0 Å². The van der Waals surface area contributed by atoms with E-state index in [0.717, 1.165) is 55.4 Å². The molecule has 0 saturated heterocycles. The lowest BCUT2D eigenvalue weighted by molar-refractivity contribution is -0.276. The van der Waals surface area contributed by atoms with Gasteiger partial charge in [0.25, 0.3) is 0 Å². The Morgan fingerprint density at radius 1 is 0.641 bits per heavy atom. The third-order valence-corrected chi connectivity index (χ3v) is 6.60. The summed E-state index contributed by atoms with van der Waals surface area (Å²) in [6.07, 6.45) is -1.46. The Morgan fingerprint density at radius 3 is 1.87 bits per heavy atom. The summed E-state index contributed by atoms with van der Waals surface area (Å²) in [5, 5.41) is 1.18. The second kappa shape index (κ2) is 12.6. The minimum absolute atomic E-state index is 0.0336. The molecule has 2 nitrogen and oxygen atoms in total. The second-order valence-corrected chi connectivity index (χ2v) is 9.44. The molecule has 0 radical (unpaired) electrons. The van der Waals surface area contributed by atoms with Crippen LogP contribution < -0.4 is 4.74 Å². The standard InChI is InChI=1S/C31H28F6O2/c1-38-16-2-3-20-4-6-21(7-5-20)8-9-22-11-15-26-25(17-22)14-13-24(29(26)34)12-10-23-18-27(32)30(28(33)19-23)39-31(35,36)37/h4-7,11,13-15,17-19H,2-3,8-10,12,16H2,1H3. The highest BCUT2D eigenvalue weighted by Gasteiger charge is 2.34. The van der Waals surface area contributed by atoms with Gasteiger partial charge in [0.15, 0.2) is 11.6 Å². The van der Waals surface area contributed by atoms with Gasteiger partial charge in [0.2, 0.25) is 5.75 Å². The molecule has 0 aliphatic heterocycles. The van der Waals surface area contributed by atoms with E-state index < -0.39 is 29.6 Å². The van der Waals surface area contributed by atoms with Crippen LogP contribution in [0.15, 0.2) is 66.7 Å². The van der Waals surface area contributed by atoms with Gasteiger partial charge in [0.05, 0.1) is 0 Å². The van der Waals surface area contributed by atoms with Crippen molar-refractivity contribution in [3.05, 3.63) is 112 Å². The van der Waals surface area contributed by atoms with E-state index in [1.54, 1.807) is 25.3 Å². The lowest BCUT2D eigenvalue weighted by Crippen LogP contribution is -2.19. The Kier molecular flexibility index (Phi) is 9.17. The number of fused-ring (bicyclic) bond motifs is 1. The molecule has 39 heavy (non-hydrogen) atoms. The minimum atomic E-state index is -5.22. The number of benzene rings is 4. The van der Waals surface area contributed by atoms with Crippen molar-refractivity contribution in [1.82, 2.24) is 0 Å². The zero-order valence-corrected chi connectivity index (χ0v) is 21.4. The fourth-order valence-electron chi connectivity index (χ4n) is 4.57. The third kappa shape index (κ3) is 7.76. The summed E-state index contributed by atoms with van der Waals surface area (Å²) in [7, 11) is 1.70. The van der Waals surface area contributed by atoms with Crippen molar-refractivity contribution in [2.24, 2.45) is 0 Å². The van der Waals surface area contributed by atoms with Crippen molar-refractivity contribution in [2.45, 2.75) is 44.9 Å². The largest absolute Gasteiger partial charge is 0.573 e. The van der Waals surface area contributed by atoms with Crippen LogP contribution in [0.4, 0.5) is 26.3 Å². The monoisotopic (exact) mass is 546 g/mol. The van der Waals surface area contributed by atoms with Crippen molar-refractivity contribution in [1.29, 1.82) is 0 Å². The number of halogens is 6. The van der Waals surface area contributed by atoms with E-state index in [1.165, 1.54) is 11.1 Å². The maximum Gasteiger partial charge on any atom is 0.573 e. The van der Waals surface area contributed by atoms with Crippen molar-refractivity contribution in [3.8, 4) is 5.75 Å². The normalized spacial score (nSPS) is 11.8. The van der Waals surface area contributed by atoms with Gasteiger partial charge in [0.1, 0.15) is 5.82 Å². The molecular weight excluding hydrogens is 518 g/mol. The van der Waals surface area contributed by atoms with Crippen LogP contribution in [0, 0.1) is 17.5 Å². The van der Waals surface area contributed by atoms with E-state index in [-0.39, 0.29) is 18.4 Å². The first-order chi connectivity index (χ1) is 18.6. The highest BCUT2D eigenvalue weighted by Crippen LogP contribution is 2.30. The molecule has 0 spiro atoms. The predicted octanol–water partition coefficient (Wildman–Crippen LogP) is 8.31. The first-order valence-corrected chi connectivity index (χ1v) is 12.6. The molecule has 0 heterocycles. The highest BCUT2D eigenvalue weighted by molar-refractivity contribution is 5.84. The summed E-state index contributed by atoms with van der Waals surface area (Å²) in [5.74, 6) is -4.87. The summed E-state index contributed by atoms with van der Waals surface area (Å²) >= 11 is 0. The minimum Gasteiger partial charge on any atom is -0.399 e. The average molecular weight is 547 g/mol. The Labute approximate surface area is 223 Å². The fourth-order valence-corrected chi connectivity index (χ4v) is 4.57. The smallest absolute Gasteiger partial charge is 0.399 e. The Morgan fingerprint density at radius 2 is 1.23 bits per heavy atom. The molecule has 4 aromatic carbocycles. The van der Waals surface area contributed by atoms with Gasteiger partial charge in [-0.05, 0) is 83.9 Å². The molecular formula is C31H28F6O2. The van der Waals surface area contributed by atoms with E-state index in [4.69, 9.17) is 4.74 Å². The maximum absolute atomic E-state index is 15.2. The molecule has 0 N–H and O–H groups in total. The molecule has 0 aromatic heterocycles. The number of alkyl halides is 3. The lowest BCUT2D eigenvalue weighted by atomic mass is 9.97. The van der Waals surface area contributed by atoms with Gasteiger partial charge in [-0.2, -0.15) is 0 Å². The predicted molar refractivity (Wildman–Crippen MR) is 138 cm³/mol. The lowest BCUT2D eigenvalue weighted by Gasteiger charge is -2.12. The Bertz CT molecular complexity index is 1390. The van der Waals surface area contributed by atoms with Crippen LogP contribution in [-0.4, -0.2) is 20.1 Å². The number of aryl methyl sites for hydroxylation is 5. The number of methoxy groups -OCH3 is 1. The Hall–Kier alpha value is -3.52. The SMILES string of the molecule is COCCCc1ccc(CCc2ccc3c(F)c(CCc4cc(F)c(OC(F)(F)F)c(F)c4)ccc3c2)cc1. The summed E-state index contributed by atoms with van der Waals surface area (Å²) < 4.78 is 88.7. The van der Waals surface area contributed by atoms with Crippen LogP contribution in [0.2, 0.25) is 0 Å². The molecule has 8 heteroatoms. The van der Waals surface area contributed by atoms with E-state index in [0.29, 0.717) is 10.9 Å². The molecule has 0 atom stereocenters.